The molecule has 1 aromatic heterocycles. The summed E-state index contributed by atoms with van der Waals surface area (Å²) in [5, 5.41) is 2.97. The topological polar surface area (TPSA) is 42.2 Å². The van der Waals surface area contributed by atoms with Crippen LogP contribution in [0.3, 0.4) is 0 Å². The van der Waals surface area contributed by atoms with E-state index < -0.39 is 0 Å². The molecule has 0 bridgehead atoms. The van der Waals surface area contributed by atoms with Crippen molar-refractivity contribution in [1.29, 1.82) is 0 Å². The quantitative estimate of drug-likeness (QED) is 0.297. The number of carbonyl (C=O) groups is 1. The zero-order chi connectivity index (χ0) is 22.0. The smallest absolute Gasteiger partial charge is 0.287 e. The van der Waals surface area contributed by atoms with Crippen LogP contribution in [-0.2, 0) is 0 Å². The van der Waals surface area contributed by atoms with Gasteiger partial charge in [-0.3, -0.25) is 4.79 Å². The Kier molecular flexibility index (Phi) is 9.68. The highest BCUT2D eigenvalue weighted by molar-refractivity contribution is 5.91. The lowest BCUT2D eigenvalue weighted by molar-refractivity contribution is 0.0925. The maximum absolute atomic E-state index is 12.3. The van der Waals surface area contributed by atoms with Crippen LogP contribution in [-0.4, -0.2) is 12.5 Å². The Labute approximate surface area is 183 Å². The fourth-order valence-corrected chi connectivity index (χ4v) is 4.24. The Hall–Kier alpha value is -2.03. The van der Waals surface area contributed by atoms with Gasteiger partial charge in [-0.2, -0.15) is 0 Å². The zero-order valence-corrected chi connectivity index (χ0v) is 19.8. The van der Waals surface area contributed by atoms with Gasteiger partial charge in [0.1, 0.15) is 5.76 Å². The van der Waals surface area contributed by atoms with Crippen LogP contribution in [0, 0.1) is 5.41 Å². The lowest BCUT2D eigenvalue weighted by atomic mass is 9.72. The summed E-state index contributed by atoms with van der Waals surface area (Å²) < 4.78 is 5.75. The summed E-state index contributed by atoms with van der Waals surface area (Å²) in [5.74, 6) is 0.979. The maximum atomic E-state index is 12.3. The minimum Gasteiger partial charge on any atom is -0.452 e. The molecule has 3 heteroatoms. The van der Waals surface area contributed by atoms with Gasteiger partial charge in [-0.25, -0.2) is 0 Å². The molecule has 0 aromatic carbocycles. The molecule has 1 aliphatic rings. The molecule has 1 heterocycles. The number of amides is 1. The second-order valence-electron chi connectivity index (χ2n) is 9.38. The number of rotatable bonds is 11. The molecule has 1 N–H and O–H groups in total. The second-order valence-corrected chi connectivity index (χ2v) is 9.38. The number of hydrogen-bond donors (Lipinski definition) is 1. The molecule has 0 saturated carbocycles. The molecule has 1 aliphatic carbocycles. The summed E-state index contributed by atoms with van der Waals surface area (Å²) in [6.07, 6.45) is 17.4. The highest BCUT2D eigenvalue weighted by Gasteiger charge is 2.26. The monoisotopic (exact) mass is 411 g/mol. The normalized spacial score (nSPS) is 17.0. The molecule has 0 fully saturated rings. The molecule has 30 heavy (non-hydrogen) atoms. The van der Waals surface area contributed by atoms with E-state index in [9.17, 15) is 4.79 Å². The lowest BCUT2D eigenvalue weighted by Gasteiger charge is -2.32. The fourth-order valence-electron chi connectivity index (χ4n) is 4.24. The average Bonchev–Trinajstić information content (AvgIpc) is 3.14. The molecule has 1 aromatic rings. The molecule has 2 rings (SSSR count). The van der Waals surface area contributed by atoms with Crippen molar-refractivity contribution in [2.75, 3.05) is 6.54 Å². The van der Waals surface area contributed by atoms with E-state index in [2.05, 4.69) is 52.1 Å². The minimum atomic E-state index is -0.124. The number of unbranched alkanes of at least 4 members (excludes halogenated alkanes) is 5. The van der Waals surface area contributed by atoms with Crippen molar-refractivity contribution in [2.45, 2.75) is 92.4 Å². The predicted octanol–water partition coefficient (Wildman–Crippen LogP) is 7.86. The van der Waals surface area contributed by atoms with E-state index in [-0.39, 0.29) is 11.3 Å². The van der Waals surface area contributed by atoms with E-state index in [1.807, 2.05) is 12.1 Å². The van der Waals surface area contributed by atoms with Crippen LogP contribution < -0.4 is 5.32 Å². The van der Waals surface area contributed by atoms with Crippen LogP contribution >= 0.6 is 0 Å². The van der Waals surface area contributed by atoms with Gasteiger partial charge in [0.15, 0.2) is 5.76 Å². The molecule has 0 unspecified atom stereocenters. The number of hydrogen-bond acceptors (Lipinski definition) is 2. The first-order valence-electron chi connectivity index (χ1n) is 11.8. The third kappa shape index (κ3) is 7.66. The largest absolute Gasteiger partial charge is 0.452 e. The first-order valence-corrected chi connectivity index (χ1v) is 11.8. The van der Waals surface area contributed by atoms with Gasteiger partial charge in [0.2, 0.25) is 0 Å². The van der Waals surface area contributed by atoms with Gasteiger partial charge >= 0.3 is 0 Å². The number of carbonyl (C=O) groups excluding carboxylic acids is 1. The highest BCUT2D eigenvalue weighted by Crippen LogP contribution is 2.40. The molecular weight excluding hydrogens is 370 g/mol. The van der Waals surface area contributed by atoms with Crippen molar-refractivity contribution in [3.05, 3.63) is 52.5 Å². The fraction of sp³-hybridized carbons (Fsp3) is 0.593. The number of allylic oxidation sites excluding steroid dienone is 5. The van der Waals surface area contributed by atoms with Crippen molar-refractivity contribution in [3.8, 4) is 0 Å². The molecule has 3 nitrogen and oxygen atoms in total. The summed E-state index contributed by atoms with van der Waals surface area (Å²) in [6.45, 7) is 11.9. The van der Waals surface area contributed by atoms with Gasteiger partial charge in [-0.1, -0.05) is 70.6 Å². The van der Waals surface area contributed by atoms with Crippen molar-refractivity contribution < 1.29 is 9.21 Å². The van der Waals surface area contributed by atoms with Gasteiger partial charge in [0.25, 0.3) is 5.91 Å². The van der Waals surface area contributed by atoms with Crippen LogP contribution in [0.15, 0.2) is 45.4 Å². The first kappa shape index (κ1) is 24.2. The Morgan fingerprint density at radius 2 is 1.90 bits per heavy atom. The van der Waals surface area contributed by atoms with Gasteiger partial charge in [0, 0.05) is 6.54 Å². The Bertz CT molecular complexity index is 777. The summed E-state index contributed by atoms with van der Waals surface area (Å²) in [6, 6.07) is 3.63. The van der Waals surface area contributed by atoms with Crippen molar-refractivity contribution in [1.82, 2.24) is 5.32 Å². The molecule has 0 spiro atoms. The van der Waals surface area contributed by atoms with Gasteiger partial charge < -0.3 is 9.73 Å². The Morgan fingerprint density at radius 3 is 2.63 bits per heavy atom. The highest BCUT2D eigenvalue weighted by atomic mass is 16.3. The molecule has 0 saturated heterocycles. The maximum Gasteiger partial charge on any atom is 0.287 e. The second kappa shape index (κ2) is 12.0. The van der Waals surface area contributed by atoms with E-state index in [4.69, 9.17) is 4.42 Å². The molecular formula is C27H41NO2. The van der Waals surface area contributed by atoms with Gasteiger partial charge in [-0.05, 0) is 74.3 Å². The Balaban J connectivity index is 1.86. The SMILES string of the molecule is CCCCCCCCNC(=O)c1ccc(C=C(C)C=CC2=C(C)CCCC2(C)C)o1. The predicted molar refractivity (Wildman–Crippen MR) is 128 cm³/mol. The van der Waals surface area contributed by atoms with Crippen molar-refractivity contribution in [3.63, 3.8) is 0 Å². The molecule has 0 atom stereocenters. The van der Waals surface area contributed by atoms with E-state index in [0.717, 1.165) is 17.8 Å². The van der Waals surface area contributed by atoms with E-state index in [1.165, 1.54) is 62.5 Å². The molecule has 1 amide bonds. The summed E-state index contributed by atoms with van der Waals surface area (Å²) in [4.78, 5) is 12.3. The summed E-state index contributed by atoms with van der Waals surface area (Å²) in [5.41, 5.74) is 4.31. The average molecular weight is 412 g/mol. The van der Waals surface area contributed by atoms with Crippen molar-refractivity contribution >= 4 is 12.0 Å². The van der Waals surface area contributed by atoms with E-state index >= 15 is 0 Å². The Morgan fingerprint density at radius 1 is 1.17 bits per heavy atom. The standard InChI is InChI=1S/C27H41NO2/c1-6-7-8-9-10-11-19-28-26(29)25-17-15-23(30-25)20-21(2)14-16-24-22(3)13-12-18-27(24,4)5/h14-17,20H,6-13,18-19H2,1-5H3,(H,28,29). The summed E-state index contributed by atoms with van der Waals surface area (Å²) >= 11 is 0. The first-order chi connectivity index (χ1) is 14.3. The van der Waals surface area contributed by atoms with Crippen LogP contribution in [0.1, 0.15) is 109 Å². The van der Waals surface area contributed by atoms with E-state index in [0.29, 0.717) is 12.3 Å². The number of nitrogens with one attached hydrogen (secondary N) is 1. The van der Waals surface area contributed by atoms with Crippen LogP contribution in [0.2, 0.25) is 0 Å². The van der Waals surface area contributed by atoms with Crippen LogP contribution in [0.25, 0.3) is 6.08 Å². The zero-order valence-electron chi connectivity index (χ0n) is 19.8. The third-order valence-corrected chi connectivity index (χ3v) is 6.09. The molecule has 0 radical (unpaired) electrons. The number of furan rings is 1. The van der Waals surface area contributed by atoms with Gasteiger partial charge in [-0.15, -0.1) is 0 Å². The summed E-state index contributed by atoms with van der Waals surface area (Å²) in [7, 11) is 0. The lowest BCUT2D eigenvalue weighted by Crippen LogP contribution is -2.23. The van der Waals surface area contributed by atoms with E-state index in [1.54, 1.807) is 6.07 Å². The minimum absolute atomic E-state index is 0.124. The third-order valence-electron chi connectivity index (χ3n) is 6.09. The molecule has 166 valence electrons. The van der Waals surface area contributed by atoms with Crippen LogP contribution in [0.4, 0.5) is 0 Å². The van der Waals surface area contributed by atoms with Gasteiger partial charge in [0.05, 0.1) is 0 Å². The van der Waals surface area contributed by atoms with Crippen molar-refractivity contribution in [2.24, 2.45) is 5.41 Å². The molecule has 0 aliphatic heterocycles. The van der Waals surface area contributed by atoms with Crippen LogP contribution in [0.5, 0.6) is 0 Å².